The van der Waals surface area contributed by atoms with Crippen LogP contribution in [0.5, 0.6) is 0 Å². The van der Waals surface area contributed by atoms with Gasteiger partial charge in [0.2, 0.25) is 0 Å². The van der Waals surface area contributed by atoms with Crippen molar-refractivity contribution in [1.82, 2.24) is 0 Å². The molecule has 0 heterocycles. The second-order valence-corrected chi connectivity index (χ2v) is 4.14. The lowest BCUT2D eigenvalue weighted by atomic mass is 9.82. The topological polar surface area (TPSA) is 9.23 Å². The van der Waals surface area contributed by atoms with E-state index in [0.717, 1.165) is 18.5 Å². The summed E-state index contributed by atoms with van der Waals surface area (Å²) in [7, 11) is 0. The van der Waals surface area contributed by atoms with E-state index in [2.05, 4.69) is 36.7 Å². The first kappa shape index (κ1) is 11.4. The predicted octanol–water partition coefficient (Wildman–Crippen LogP) is 3.08. The van der Waals surface area contributed by atoms with Crippen molar-refractivity contribution in [3.8, 4) is 0 Å². The van der Waals surface area contributed by atoms with Crippen molar-refractivity contribution in [3.05, 3.63) is 0 Å². The molecule has 0 bridgehead atoms. The summed E-state index contributed by atoms with van der Waals surface area (Å²) in [5, 5.41) is 1.01. The normalized spacial score (nSPS) is 16.9. The zero-order chi connectivity index (χ0) is 8.91. The lowest BCUT2D eigenvalue weighted by molar-refractivity contribution is 0.0483. The third-order valence-corrected chi connectivity index (χ3v) is 3.62. The van der Waals surface area contributed by atoms with E-state index in [1.165, 1.54) is 0 Å². The van der Waals surface area contributed by atoms with Gasteiger partial charge in [-0.05, 0) is 12.8 Å². The summed E-state index contributed by atoms with van der Waals surface area (Å²) >= 11 is 3.52. The molecule has 0 aromatic rings. The van der Waals surface area contributed by atoms with Crippen LogP contribution in [0.2, 0.25) is 0 Å². The Hall–Kier alpha value is 0.440. The van der Waals surface area contributed by atoms with Crippen molar-refractivity contribution in [2.45, 2.75) is 27.7 Å². The van der Waals surface area contributed by atoms with Crippen molar-refractivity contribution < 1.29 is 4.74 Å². The van der Waals surface area contributed by atoms with E-state index < -0.39 is 0 Å². The zero-order valence-electron chi connectivity index (χ0n) is 7.98. The van der Waals surface area contributed by atoms with E-state index in [0.29, 0.717) is 5.92 Å². The van der Waals surface area contributed by atoms with E-state index >= 15 is 0 Å². The van der Waals surface area contributed by atoms with Gasteiger partial charge in [-0.15, -0.1) is 0 Å². The third kappa shape index (κ3) is 3.57. The van der Waals surface area contributed by atoms with Crippen molar-refractivity contribution >= 4 is 15.9 Å². The number of rotatable bonds is 5. The summed E-state index contributed by atoms with van der Waals surface area (Å²) in [5.41, 5.74) is 0.288. The lowest BCUT2D eigenvalue weighted by Gasteiger charge is -2.31. The van der Waals surface area contributed by atoms with Crippen LogP contribution in [0.4, 0.5) is 0 Å². The smallest absolute Gasteiger partial charge is 0.0530 e. The van der Waals surface area contributed by atoms with Crippen LogP contribution in [0.1, 0.15) is 27.7 Å². The quantitative estimate of drug-likeness (QED) is 0.651. The fourth-order valence-electron chi connectivity index (χ4n) is 0.695. The standard InChI is InChI=1S/C9H19BrO/c1-5-11-7-9(4,6-10)8(2)3/h8H,5-7H2,1-4H3. The molecule has 0 aliphatic rings. The Morgan fingerprint density at radius 3 is 2.27 bits per heavy atom. The van der Waals surface area contributed by atoms with Crippen molar-refractivity contribution in [2.75, 3.05) is 18.5 Å². The van der Waals surface area contributed by atoms with Crippen LogP contribution in [-0.4, -0.2) is 18.5 Å². The van der Waals surface area contributed by atoms with Crippen molar-refractivity contribution in [3.63, 3.8) is 0 Å². The molecule has 68 valence electrons. The number of halogens is 1. The molecule has 2 heteroatoms. The van der Waals surface area contributed by atoms with Gasteiger partial charge in [0.1, 0.15) is 0 Å². The SMILES string of the molecule is CCOCC(C)(CBr)C(C)C. The summed E-state index contributed by atoms with van der Waals surface area (Å²) in [5.74, 6) is 0.661. The highest BCUT2D eigenvalue weighted by atomic mass is 79.9. The summed E-state index contributed by atoms with van der Waals surface area (Å²) in [6.07, 6.45) is 0. The van der Waals surface area contributed by atoms with Crippen molar-refractivity contribution in [1.29, 1.82) is 0 Å². The summed E-state index contributed by atoms with van der Waals surface area (Å²) in [4.78, 5) is 0. The van der Waals surface area contributed by atoms with Crippen LogP contribution in [-0.2, 0) is 4.74 Å². The number of ether oxygens (including phenoxy) is 1. The minimum atomic E-state index is 0.288. The first-order chi connectivity index (χ1) is 5.06. The molecule has 0 aliphatic carbocycles. The van der Waals surface area contributed by atoms with Crippen molar-refractivity contribution in [2.24, 2.45) is 11.3 Å². The van der Waals surface area contributed by atoms with Crippen LogP contribution in [0.3, 0.4) is 0 Å². The Labute approximate surface area is 78.6 Å². The average molecular weight is 223 g/mol. The van der Waals surface area contributed by atoms with Crippen LogP contribution >= 0.6 is 15.9 Å². The molecule has 0 spiro atoms. The molecule has 1 nitrogen and oxygen atoms in total. The van der Waals surface area contributed by atoms with E-state index in [-0.39, 0.29) is 5.41 Å². The number of alkyl halides is 1. The van der Waals surface area contributed by atoms with E-state index in [4.69, 9.17) is 4.74 Å². The van der Waals surface area contributed by atoms with Crippen LogP contribution in [0.25, 0.3) is 0 Å². The maximum absolute atomic E-state index is 5.42. The zero-order valence-corrected chi connectivity index (χ0v) is 9.57. The molecule has 0 aromatic carbocycles. The van der Waals surface area contributed by atoms with E-state index in [1.54, 1.807) is 0 Å². The predicted molar refractivity (Wildman–Crippen MR) is 53.2 cm³/mol. The molecule has 0 rings (SSSR count). The Bertz CT molecular complexity index is 104. The molecule has 1 atom stereocenters. The first-order valence-electron chi connectivity index (χ1n) is 4.20. The average Bonchev–Trinajstić information content (AvgIpc) is 2.00. The van der Waals surface area contributed by atoms with Crippen LogP contribution in [0, 0.1) is 11.3 Å². The monoisotopic (exact) mass is 222 g/mol. The fraction of sp³-hybridized carbons (Fsp3) is 1.00. The molecular formula is C9H19BrO. The minimum Gasteiger partial charge on any atom is -0.381 e. The Kier molecular flexibility index (Phi) is 5.36. The van der Waals surface area contributed by atoms with Crippen LogP contribution in [0.15, 0.2) is 0 Å². The molecule has 0 saturated heterocycles. The first-order valence-corrected chi connectivity index (χ1v) is 5.32. The molecule has 0 aromatic heterocycles. The molecule has 0 fully saturated rings. The van der Waals surface area contributed by atoms with Gasteiger partial charge in [-0.3, -0.25) is 0 Å². The molecule has 0 amide bonds. The molecule has 11 heavy (non-hydrogen) atoms. The van der Waals surface area contributed by atoms with Gasteiger partial charge in [-0.1, -0.05) is 36.7 Å². The highest BCUT2D eigenvalue weighted by molar-refractivity contribution is 9.09. The highest BCUT2D eigenvalue weighted by Gasteiger charge is 2.26. The van der Waals surface area contributed by atoms with Gasteiger partial charge in [0.05, 0.1) is 6.61 Å². The number of hydrogen-bond donors (Lipinski definition) is 0. The highest BCUT2D eigenvalue weighted by Crippen LogP contribution is 2.29. The second-order valence-electron chi connectivity index (χ2n) is 3.58. The molecule has 0 radical (unpaired) electrons. The summed E-state index contributed by atoms with van der Waals surface area (Å²) < 4.78 is 5.42. The van der Waals surface area contributed by atoms with E-state index in [1.807, 2.05) is 6.92 Å². The van der Waals surface area contributed by atoms with Gasteiger partial charge < -0.3 is 4.74 Å². The Morgan fingerprint density at radius 2 is 2.00 bits per heavy atom. The Morgan fingerprint density at radius 1 is 1.45 bits per heavy atom. The summed E-state index contributed by atoms with van der Waals surface area (Å²) in [6.45, 7) is 10.4. The minimum absolute atomic E-state index is 0.288. The second kappa shape index (κ2) is 5.15. The maximum atomic E-state index is 5.42. The van der Waals surface area contributed by atoms with Gasteiger partial charge >= 0.3 is 0 Å². The molecule has 1 unspecified atom stereocenters. The van der Waals surface area contributed by atoms with Gasteiger partial charge in [-0.2, -0.15) is 0 Å². The maximum Gasteiger partial charge on any atom is 0.0530 e. The molecule has 0 N–H and O–H groups in total. The largest absolute Gasteiger partial charge is 0.381 e. The third-order valence-electron chi connectivity index (χ3n) is 2.34. The number of hydrogen-bond acceptors (Lipinski definition) is 1. The fourth-order valence-corrected chi connectivity index (χ4v) is 1.50. The van der Waals surface area contributed by atoms with E-state index in [9.17, 15) is 0 Å². The Balaban J connectivity index is 3.88. The van der Waals surface area contributed by atoms with Gasteiger partial charge in [0.15, 0.2) is 0 Å². The molecular weight excluding hydrogens is 204 g/mol. The summed E-state index contributed by atoms with van der Waals surface area (Å²) in [6, 6.07) is 0. The molecule has 0 aliphatic heterocycles. The van der Waals surface area contributed by atoms with Crippen LogP contribution < -0.4 is 0 Å². The lowest BCUT2D eigenvalue weighted by Crippen LogP contribution is -2.31. The van der Waals surface area contributed by atoms with Gasteiger partial charge in [0.25, 0.3) is 0 Å². The molecule has 0 saturated carbocycles. The van der Waals surface area contributed by atoms with Gasteiger partial charge in [0, 0.05) is 17.4 Å². The van der Waals surface area contributed by atoms with Gasteiger partial charge in [-0.25, -0.2) is 0 Å².